The largest absolute Gasteiger partial charge is 0.390 e. The van der Waals surface area contributed by atoms with Crippen molar-refractivity contribution in [3.8, 4) is 0 Å². The number of benzene rings is 2. The SMILES string of the molecule is O=C(c1ccccc1)c1ccc(C(O)C(O)CCBr)cc1. The van der Waals surface area contributed by atoms with Crippen molar-refractivity contribution in [2.45, 2.75) is 18.6 Å². The van der Waals surface area contributed by atoms with E-state index in [1.807, 2.05) is 18.2 Å². The number of ketones is 1. The second kappa shape index (κ2) is 7.50. The van der Waals surface area contributed by atoms with E-state index >= 15 is 0 Å². The summed E-state index contributed by atoms with van der Waals surface area (Å²) in [5.74, 6) is -0.0577. The lowest BCUT2D eigenvalue weighted by molar-refractivity contribution is 0.0173. The molecule has 110 valence electrons. The number of aliphatic hydroxyl groups is 2. The summed E-state index contributed by atoms with van der Waals surface area (Å²) in [6.45, 7) is 0. The van der Waals surface area contributed by atoms with Crippen LogP contribution < -0.4 is 0 Å². The molecule has 2 N–H and O–H groups in total. The molecule has 0 aliphatic carbocycles. The molecule has 2 rings (SSSR count). The zero-order valence-corrected chi connectivity index (χ0v) is 13.0. The molecule has 0 aliphatic rings. The predicted octanol–water partition coefficient (Wildman–Crippen LogP) is 3.10. The van der Waals surface area contributed by atoms with Crippen LogP contribution in [0.4, 0.5) is 0 Å². The van der Waals surface area contributed by atoms with Crippen LogP contribution in [0.25, 0.3) is 0 Å². The number of halogens is 1. The highest BCUT2D eigenvalue weighted by Gasteiger charge is 2.18. The van der Waals surface area contributed by atoms with Crippen molar-refractivity contribution < 1.29 is 15.0 Å². The summed E-state index contributed by atoms with van der Waals surface area (Å²) >= 11 is 3.23. The van der Waals surface area contributed by atoms with E-state index in [1.165, 1.54) is 0 Å². The first-order valence-corrected chi connectivity index (χ1v) is 7.87. The Bertz CT molecular complexity index is 581. The standard InChI is InChI=1S/C17H17BrO3/c18-11-10-15(19)17(21)14-8-6-13(7-9-14)16(20)12-4-2-1-3-5-12/h1-9,15,17,19,21H,10-11H2. The molecule has 0 bridgehead atoms. The summed E-state index contributed by atoms with van der Waals surface area (Å²) in [5.41, 5.74) is 1.80. The molecule has 0 heterocycles. The summed E-state index contributed by atoms with van der Waals surface area (Å²) in [4.78, 5) is 12.2. The zero-order chi connectivity index (χ0) is 15.2. The van der Waals surface area contributed by atoms with Crippen LogP contribution in [-0.4, -0.2) is 27.4 Å². The average Bonchev–Trinajstić information content (AvgIpc) is 2.54. The van der Waals surface area contributed by atoms with Crippen LogP contribution in [0.15, 0.2) is 54.6 Å². The Balaban J connectivity index is 2.14. The van der Waals surface area contributed by atoms with Gasteiger partial charge in [0.05, 0.1) is 6.10 Å². The maximum atomic E-state index is 12.2. The molecule has 2 aromatic carbocycles. The van der Waals surface area contributed by atoms with Gasteiger partial charge in [-0.3, -0.25) is 4.79 Å². The van der Waals surface area contributed by atoms with Crippen molar-refractivity contribution in [2.75, 3.05) is 5.33 Å². The molecule has 0 amide bonds. The molecular formula is C17H17BrO3. The molecule has 2 unspecified atom stereocenters. The molecule has 0 fully saturated rings. The minimum Gasteiger partial charge on any atom is -0.390 e. The van der Waals surface area contributed by atoms with Gasteiger partial charge in [-0.05, 0) is 12.0 Å². The van der Waals surface area contributed by atoms with Crippen LogP contribution >= 0.6 is 15.9 Å². The number of aliphatic hydroxyl groups excluding tert-OH is 2. The predicted molar refractivity (Wildman–Crippen MR) is 85.7 cm³/mol. The summed E-state index contributed by atoms with van der Waals surface area (Å²) in [6.07, 6.45) is -1.30. The third-order valence-electron chi connectivity index (χ3n) is 3.32. The Morgan fingerprint density at radius 1 is 0.952 bits per heavy atom. The van der Waals surface area contributed by atoms with Crippen LogP contribution in [-0.2, 0) is 0 Å². The van der Waals surface area contributed by atoms with Crippen LogP contribution in [0.3, 0.4) is 0 Å². The van der Waals surface area contributed by atoms with E-state index in [4.69, 9.17) is 0 Å². The van der Waals surface area contributed by atoms with Crippen LogP contribution in [0, 0.1) is 0 Å². The molecule has 0 saturated carbocycles. The lowest BCUT2D eigenvalue weighted by Crippen LogP contribution is -2.18. The van der Waals surface area contributed by atoms with Crippen molar-refractivity contribution in [1.29, 1.82) is 0 Å². The number of carbonyl (C=O) groups is 1. The summed E-state index contributed by atoms with van der Waals surface area (Å²) in [5, 5.41) is 20.4. The molecular weight excluding hydrogens is 332 g/mol. The van der Waals surface area contributed by atoms with Gasteiger partial charge in [-0.1, -0.05) is 70.5 Å². The fraction of sp³-hybridized carbons (Fsp3) is 0.235. The molecule has 4 heteroatoms. The number of hydrogen-bond donors (Lipinski definition) is 2. The number of rotatable bonds is 6. The van der Waals surface area contributed by atoms with E-state index in [-0.39, 0.29) is 5.78 Å². The first-order valence-electron chi connectivity index (χ1n) is 6.75. The highest BCUT2D eigenvalue weighted by Crippen LogP contribution is 2.21. The minimum absolute atomic E-state index is 0.0577. The molecule has 0 aromatic heterocycles. The third kappa shape index (κ3) is 4.00. The van der Waals surface area contributed by atoms with Gasteiger partial charge in [0.2, 0.25) is 0 Å². The van der Waals surface area contributed by atoms with Gasteiger partial charge in [-0.25, -0.2) is 0 Å². The molecule has 2 aromatic rings. The van der Waals surface area contributed by atoms with Crippen molar-refractivity contribution in [1.82, 2.24) is 0 Å². The van der Waals surface area contributed by atoms with Crippen molar-refractivity contribution in [3.05, 3.63) is 71.3 Å². The van der Waals surface area contributed by atoms with E-state index < -0.39 is 12.2 Å². The van der Waals surface area contributed by atoms with Gasteiger partial charge in [0.15, 0.2) is 5.78 Å². The van der Waals surface area contributed by atoms with Gasteiger partial charge < -0.3 is 10.2 Å². The van der Waals surface area contributed by atoms with E-state index in [0.29, 0.717) is 28.4 Å². The molecule has 3 nitrogen and oxygen atoms in total. The van der Waals surface area contributed by atoms with Crippen LogP contribution in [0.2, 0.25) is 0 Å². The lowest BCUT2D eigenvalue weighted by atomic mass is 9.98. The Kier molecular flexibility index (Phi) is 5.67. The Morgan fingerprint density at radius 3 is 2.10 bits per heavy atom. The third-order valence-corrected chi connectivity index (χ3v) is 3.78. The normalized spacial score (nSPS) is 13.7. The molecule has 0 spiro atoms. The Hall–Kier alpha value is -1.49. The van der Waals surface area contributed by atoms with E-state index in [0.717, 1.165) is 0 Å². The van der Waals surface area contributed by atoms with Crippen LogP contribution in [0.5, 0.6) is 0 Å². The zero-order valence-electron chi connectivity index (χ0n) is 11.4. The van der Waals surface area contributed by atoms with Crippen molar-refractivity contribution in [3.63, 3.8) is 0 Å². The van der Waals surface area contributed by atoms with Gasteiger partial charge in [-0.2, -0.15) is 0 Å². The molecule has 21 heavy (non-hydrogen) atoms. The number of alkyl halides is 1. The molecule has 0 aliphatic heterocycles. The maximum Gasteiger partial charge on any atom is 0.193 e. The smallest absolute Gasteiger partial charge is 0.193 e. The monoisotopic (exact) mass is 348 g/mol. The second-order valence-electron chi connectivity index (χ2n) is 4.81. The van der Waals surface area contributed by atoms with E-state index in [2.05, 4.69) is 15.9 Å². The average molecular weight is 349 g/mol. The lowest BCUT2D eigenvalue weighted by Gasteiger charge is -2.17. The topological polar surface area (TPSA) is 57.5 Å². The first kappa shape index (κ1) is 15.9. The molecule has 0 saturated heterocycles. The minimum atomic E-state index is -0.941. The second-order valence-corrected chi connectivity index (χ2v) is 5.60. The number of carbonyl (C=O) groups excluding carboxylic acids is 1. The van der Waals surface area contributed by atoms with E-state index in [9.17, 15) is 15.0 Å². The molecule has 0 radical (unpaired) electrons. The summed E-state index contributed by atoms with van der Waals surface area (Å²) < 4.78 is 0. The maximum absolute atomic E-state index is 12.2. The van der Waals surface area contributed by atoms with Gasteiger partial charge in [-0.15, -0.1) is 0 Å². The number of hydrogen-bond acceptors (Lipinski definition) is 3. The fourth-order valence-corrected chi connectivity index (χ4v) is 2.55. The van der Waals surface area contributed by atoms with Crippen molar-refractivity contribution in [2.24, 2.45) is 0 Å². The van der Waals surface area contributed by atoms with Gasteiger partial charge in [0.1, 0.15) is 6.10 Å². The summed E-state index contributed by atoms with van der Waals surface area (Å²) in [7, 11) is 0. The van der Waals surface area contributed by atoms with Gasteiger partial charge >= 0.3 is 0 Å². The first-order chi connectivity index (χ1) is 10.1. The Labute approximate surface area is 132 Å². The summed E-state index contributed by atoms with van der Waals surface area (Å²) in [6, 6.07) is 15.8. The molecule has 2 atom stereocenters. The van der Waals surface area contributed by atoms with Gasteiger partial charge in [0.25, 0.3) is 0 Å². The van der Waals surface area contributed by atoms with Crippen molar-refractivity contribution >= 4 is 21.7 Å². The quantitative estimate of drug-likeness (QED) is 0.622. The fourth-order valence-electron chi connectivity index (χ4n) is 2.08. The van der Waals surface area contributed by atoms with Gasteiger partial charge in [0, 0.05) is 16.5 Å². The highest BCUT2D eigenvalue weighted by molar-refractivity contribution is 9.09. The van der Waals surface area contributed by atoms with E-state index in [1.54, 1.807) is 36.4 Å². The Morgan fingerprint density at radius 2 is 1.52 bits per heavy atom. The highest BCUT2D eigenvalue weighted by atomic mass is 79.9. The van der Waals surface area contributed by atoms with Crippen LogP contribution in [0.1, 0.15) is 34.0 Å².